The largest absolute Gasteiger partial charge is 0.273 e. The second-order valence-corrected chi connectivity index (χ2v) is 4.32. The molecule has 0 saturated carbocycles. The normalized spacial score (nSPS) is 10.7. The molecule has 6 nitrogen and oxygen atoms in total. The summed E-state index contributed by atoms with van der Waals surface area (Å²) < 4.78 is 1.96. The van der Waals surface area contributed by atoms with Crippen LogP contribution in [0.5, 0.6) is 0 Å². The van der Waals surface area contributed by atoms with Crippen LogP contribution in [0.1, 0.15) is 34.9 Å². The van der Waals surface area contributed by atoms with Crippen molar-refractivity contribution in [1.82, 2.24) is 24.9 Å². The van der Waals surface area contributed by atoms with Crippen molar-refractivity contribution in [2.24, 2.45) is 7.05 Å². The Bertz CT molecular complexity index is 573. The van der Waals surface area contributed by atoms with Crippen molar-refractivity contribution in [2.45, 2.75) is 34.1 Å². The molecule has 0 N–H and O–H groups in total. The van der Waals surface area contributed by atoms with E-state index in [-0.39, 0.29) is 0 Å². The highest BCUT2D eigenvalue weighted by Gasteiger charge is 2.16. The van der Waals surface area contributed by atoms with Gasteiger partial charge in [0, 0.05) is 13.8 Å². The van der Waals surface area contributed by atoms with Crippen LogP contribution in [0, 0.1) is 27.7 Å². The van der Waals surface area contributed by atoms with E-state index in [1.807, 2.05) is 39.3 Å². The van der Waals surface area contributed by atoms with Crippen molar-refractivity contribution in [1.29, 1.82) is 0 Å². The number of aryl methyl sites for hydroxylation is 4. The zero-order chi connectivity index (χ0) is 13.3. The summed E-state index contributed by atoms with van der Waals surface area (Å²) in [5, 5.41) is 0. The van der Waals surface area contributed by atoms with Gasteiger partial charge >= 0.3 is 0 Å². The van der Waals surface area contributed by atoms with Crippen LogP contribution < -0.4 is 4.57 Å². The first-order chi connectivity index (χ1) is 8.45. The monoisotopic (exact) mass is 245 g/mol. The lowest BCUT2D eigenvalue weighted by molar-refractivity contribution is -0.691. The molecule has 2 aromatic rings. The molecule has 0 saturated heterocycles. The third kappa shape index (κ3) is 2.64. The molecule has 0 aliphatic carbocycles. The molecule has 0 bridgehead atoms. The predicted octanol–water partition coefficient (Wildman–Crippen LogP) is 0.311. The molecule has 2 rings (SSSR count). The Labute approximate surface area is 106 Å². The molecule has 0 unspecified atom stereocenters. The van der Waals surface area contributed by atoms with Gasteiger partial charge < -0.3 is 0 Å². The second-order valence-electron chi connectivity index (χ2n) is 4.32. The number of hydrogen-bond acceptors (Lipinski definition) is 5. The summed E-state index contributed by atoms with van der Waals surface area (Å²) in [6, 6.07) is 0. The topological polar surface area (TPSA) is 68.3 Å². The minimum Gasteiger partial charge on any atom is -0.237 e. The van der Waals surface area contributed by atoms with E-state index in [1.165, 1.54) is 0 Å². The fourth-order valence-corrected chi connectivity index (χ4v) is 1.84. The van der Waals surface area contributed by atoms with Crippen LogP contribution in [0.25, 0.3) is 0 Å². The Kier molecular flexibility index (Phi) is 3.27. The molecule has 0 aliphatic rings. The van der Waals surface area contributed by atoms with E-state index in [1.54, 1.807) is 0 Å². The van der Waals surface area contributed by atoms with Crippen molar-refractivity contribution in [3.63, 3.8) is 0 Å². The van der Waals surface area contributed by atoms with Crippen LogP contribution in [0.4, 0.5) is 0 Å². The maximum absolute atomic E-state index is 4.44. The molecule has 6 heteroatoms. The molecule has 2 aromatic heterocycles. The van der Waals surface area contributed by atoms with E-state index in [0.29, 0.717) is 6.42 Å². The van der Waals surface area contributed by atoms with Gasteiger partial charge in [-0.05, 0) is 13.8 Å². The van der Waals surface area contributed by atoms with Crippen molar-refractivity contribution < 1.29 is 4.57 Å². The van der Waals surface area contributed by atoms with Gasteiger partial charge in [0.1, 0.15) is 17.5 Å². The van der Waals surface area contributed by atoms with E-state index in [9.17, 15) is 0 Å². The third-order valence-electron chi connectivity index (χ3n) is 2.71. The number of rotatable bonds is 2. The Morgan fingerprint density at radius 3 is 1.94 bits per heavy atom. The van der Waals surface area contributed by atoms with Gasteiger partial charge in [-0.1, -0.05) is 9.97 Å². The summed E-state index contributed by atoms with van der Waals surface area (Å²) in [7, 11) is 1.95. The Morgan fingerprint density at radius 2 is 1.33 bits per heavy atom. The SMILES string of the molecule is Cc1nc(C)nc(Cc2nc(C)nc(C)[n+]2C)n1. The Morgan fingerprint density at radius 1 is 0.778 bits per heavy atom. The molecule has 2 heterocycles. The molecule has 0 spiro atoms. The fraction of sp³-hybridized carbons (Fsp3) is 0.500. The third-order valence-corrected chi connectivity index (χ3v) is 2.71. The number of hydrogen-bond donors (Lipinski definition) is 0. The van der Waals surface area contributed by atoms with E-state index in [2.05, 4.69) is 24.9 Å². The molecule has 94 valence electrons. The second kappa shape index (κ2) is 4.72. The van der Waals surface area contributed by atoms with Gasteiger partial charge in [0.15, 0.2) is 0 Å². The Balaban J connectivity index is 2.39. The van der Waals surface area contributed by atoms with Crippen molar-refractivity contribution in [2.75, 3.05) is 0 Å². The molecular formula is C12H17N6+. The first-order valence-corrected chi connectivity index (χ1v) is 5.84. The smallest absolute Gasteiger partial charge is 0.237 e. The molecule has 0 fully saturated rings. The zero-order valence-corrected chi connectivity index (χ0v) is 11.4. The first-order valence-electron chi connectivity index (χ1n) is 5.84. The molecular weight excluding hydrogens is 228 g/mol. The van der Waals surface area contributed by atoms with Crippen LogP contribution in [0.2, 0.25) is 0 Å². The van der Waals surface area contributed by atoms with Crippen molar-refractivity contribution in [3.05, 3.63) is 34.9 Å². The van der Waals surface area contributed by atoms with E-state index in [0.717, 1.165) is 34.9 Å². The summed E-state index contributed by atoms with van der Waals surface area (Å²) in [6.45, 7) is 7.59. The zero-order valence-electron chi connectivity index (χ0n) is 11.4. The molecule has 0 aliphatic heterocycles. The molecule has 0 amide bonds. The lowest BCUT2D eigenvalue weighted by Crippen LogP contribution is -2.40. The average molecular weight is 245 g/mol. The first kappa shape index (κ1) is 12.5. The van der Waals surface area contributed by atoms with Crippen LogP contribution in [0.15, 0.2) is 0 Å². The van der Waals surface area contributed by atoms with Gasteiger partial charge in [0.2, 0.25) is 11.6 Å². The van der Waals surface area contributed by atoms with Gasteiger partial charge in [0.25, 0.3) is 5.82 Å². The molecule has 0 radical (unpaired) electrons. The average Bonchev–Trinajstić information content (AvgIpc) is 2.23. The number of aromatic nitrogens is 6. The van der Waals surface area contributed by atoms with Crippen molar-refractivity contribution >= 4 is 0 Å². The van der Waals surface area contributed by atoms with Crippen LogP contribution in [-0.4, -0.2) is 24.9 Å². The molecule has 18 heavy (non-hydrogen) atoms. The lowest BCUT2D eigenvalue weighted by atomic mass is 10.3. The minimum atomic E-state index is 0.588. The van der Waals surface area contributed by atoms with E-state index in [4.69, 9.17) is 0 Å². The summed E-state index contributed by atoms with van der Waals surface area (Å²) in [4.78, 5) is 21.6. The van der Waals surface area contributed by atoms with E-state index < -0.39 is 0 Å². The Hall–Kier alpha value is -1.98. The van der Waals surface area contributed by atoms with Crippen molar-refractivity contribution in [3.8, 4) is 0 Å². The van der Waals surface area contributed by atoms with Gasteiger partial charge in [-0.3, -0.25) is 0 Å². The predicted molar refractivity (Wildman–Crippen MR) is 64.8 cm³/mol. The summed E-state index contributed by atoms with van der Waals surface area (Å²) in [5.41, 5.74) is 0. The van der Waals surface area contributed by atoms with Gasteiger partial charge in [-0.25, -0.2) is 19.5 Å². The van der Waals surface area contributed by atoms with E-state index >= 15 is 0 Å². The summed E-state index contributed by atoms with van der Waals surface area (Å²) in [5.74, 6) is 4.83. The quantitative estimate of drug-likeness (QED) is 0.712. The minimum absolute atomic E-state index is 0.588. The highest BCUT2D eigenvalue weighted by Crippen LogP contribution is 2.01. The van der Waals surface area contributed by atoms with Crippen LogP contribution in [-0.2, 0) is 13.5 Å². The highest BCUT2D eigenvalue weighted by molar-refractivity contribution is 5.01. The maximum atomic E-state index is 4.44. The molecule has 0 aromatic carbocycles. The standard InChI is InChI=1S/C12H17N6/c1-7-13-8(2)16-11(15-7)6-12-17-9(3)14-10(4)18(12)5/h6H2,1-5H3/q+1. The van der Waals surface area contributed by atoms with Gasteiger partial charge in [0.05, 0.1) is 13.5 Å². The van der Waals surface area contributed by atoms with Crippen LogP contribution in [0.3, 0.4) is 0 Å². The summed E-state index contributed by atoms with van der Waals surface area (Å²) >= 11 is 0. The fourth-order valence-electron chi connectivity index (χ4n) is 1.84. The van der Waals surface area contributed by atoms with Gasteiger partial charge in [-0.15, -0.1) is 0 Å². The highest BCUT2D eigenvalue weighted by atomic mass is 15.1. The number of nitrogens with zero attached hydrogens (tertiary/aromatic N) is 6. The maximum Gasteiger partial charge on any atom is 0.273 e. The summed E-state index contributed by atoms with van der Waals surface area (Å²) in [6.07, 6.45) is 0.588. The van der Waals surface area contributed by atoms with Crippen LogP contribution >= 0.6 is 0 Å². The van der Waals surface area contributed by atoms with Gasteiger partial charge in [-0.2, -0.15) is 0 Å². The lowest BCUT2D eigenvalue weighted by Gasteiger charge is -2.03. The molecule has 0 atom stereocenters.